The van der Waals surface area contributed by atoms with E-state index in [4.69, 9.17) is 0 Å². The van der Waals surface area contributed by atoms with Crippen LogP contribution in [0, 0.1) is 24.4 Å². The van der Waals surface area contributed by atoms with Crippen LogP contribution in [0.2, 0.25) is 0 Å². The van der Waals surface area contributed by atoms with E-state index < -0.39 is 23.4 Å². The van der Waals surface area contributed by atoms with Gasteiger partial charge in [0.1, 0.15) is 5.82 Å². The first-order valence-electron chi connectivity index (χ1n) is 8.09. The summed E-state index contributed by atoms with van der Waals surface area (Å²) in [5.41, 5.74) is 1.28. The molecule has 3 rings (SSSR count). The molecule has 1 aromatic heterocycles. The van der Waals surface area contributed by atoms with Crippen molar-refractivity contribution in [3.05, 3.63) is 71.2 Å². The van der Waals surface area contributed by atoms with Gasteiger partial charge in [0.15, 0.2) is 17.5 Å². The third-order valence-electron chi connectivity index (χ3n) is 3.71. The highest BCUT2D eigenvalue weighted by atomic mass is 19.2. The third kappa shape index (κ3) is 4.20. The van der Waals surface area contributed by atoms with E-state index in [0.29, 0.717) is 22.8 Å². The smallest absolute Gasteiger partial charge is 0.337 e. The van der Waals surface area contributed by atoms with Crippen molar-refractivity contribution in [1.82, 2.24) is 9.97 Å². The van der Waals surface area contributed by atoms with Gasteiger partial charge in [-0.25, -0.2) is 22.9 Å². The number of halogens is 3. The topological polar surface area (TPSA) is 76.1 Å². The Balaban J connectivity index is 1.82. The second-order valence-corrected chi connectivity index (χ2v) is 5.76. The number of benzene rings is 2. The fourth-order valence-electron chi connectivity index (χ4n) is 2.39. The number of nitrogens with one attached hydrogen (secondary N) is 2. The zero-order valence-electron chi connectivity index (χ0n) is 14.9. The molecule has 0 aliphatic carbocycles. The fourth-order valence-corrected chi connectivity index (χ4v) is 2.39. The lowest BCUT2D eigenvalue weighted by atomic mass is 10.2. The molecule has 0 amide bonds. The van der Waals surface area contributed by atoms with E-state index in [1.165, 1.54) is 7.11 Å². The number of carbonyl (C=O) groups excluding carboxylic acids is 1. The highest BCUT2D eigenvalue weighted by Crippen LogP contribution is 2.24. The normalized spacial score (nSPS) is 10.5. The van der Waals surface area contributed by atoms with Crippen molar-refractivity contribution in [1.29, 1.82) is 0 Å². The molecule has 6 nitrogen and oxygen atoms in total. The SMILES string of the molecule is COC(=O)c1ccc(Nc2cc(C)nc(Nc3ccc(F)c(F)c3F)n2)cc1. The number of ether oxygens (including phenoxy) is 1. The van der Waals surface area contributed by atoms with Crippen molar-refractivity contribution in [2.24, 2.45) is 0 Å². The quantitative estimate of drug-likeness (QED) is 0.496. The summed E-state index contributed by atoms with van der Waals surface area (Å²) in [6.07, 6.45) is 0. The minimum absolute atomic E-state index is 0.00131. The number of methoxy groups -OCH3 is 1. The summed E-state index contributed by atoms with van der Waals surface area (Å²) in [7, 11) is 1.29. The van der Waals surface area contributed by atoms with Gasteiger partial charge in [0.25, 0.3) is 0 Å². The minimum atomic E-state index is -1.58. The highest BCUT2D eigenvalue weighted by Gasteiger charge is 2.14. The van der Waals surface area contributed by atoms with E-state index in [-0.39, 0.29) is 11.6 Å². The number of hydrogen-bond acceptors (Lipinski definition) is 6. The van der Waals surface area contributed by atoms with Gasteiger partial charge in [-0.1, -0.05) is 0 Å². The van der Waals surface area contributed by atoms with E-state index in [2.05, 4.69) is 25.3 Å². The van der Waals surface area contributed by atoms with Crippen molar-refractivity contribution < 1.29 is 22.7 Å². The van der Waals surface area contributed by atoms with E-state index in [1.807, 2.05) is 0 Å². The first-order valence-corrected chi connectivity index (χ1v) is 8.09. The van der Waals surface area contributed by atoms with Crippen molar-refractivity contribution in [3.8, 4) is 0 Å². The largest absolute Gasteiger partial charge is 0.465 e. The molecular weight excluding hydrogens is 373 g/mol. The lowest BCUT2D eigenvalue weighted by Gasteiger charge is -2.11. The van der Waals surface area contributed by atoms with Crippen molar-refractivity contribution in [2.75, 3.05) is 17.7 Å². The number of hydrogen-bond donors (Lipinski definition) is 2. The number of anilines is 4. The standard InChI is InChI=1S/C19H15F3N4O2/c1-10-9-15(24-12-5-3-11(4-6-12)18(27)28-2)26-19(23-10)25-14-8-7-13(20)16(21)17(14)22/h3-9H,1-2H3,(H2,23,24,25,26). The summed E-state index contributed by atoms with van der Waals surface area (Å²) in [6, 6.07) is 9.98. The minimum Gasteiger partial charge on any atom is -0.465 e. The van der Waals surface area contributed by atoms with E-state index in [1.54, 1.807) is 37.3 Å². The Hall–Kier alpha value is -3.62. The van der Waals surface area contributed by atoms with Crippen molar-refractivity contribution in [2.45, 2.75) is 6.92 Å². The average molecular weight is 388 g/mol. The lowest BCUT2D eigenvalue weighted by molar-refractivity contribution is 0.0601. The number of esters is 1. The van der Waals surface area contributed by atoms with Crippen LogP contribution < -0.4 is 10.6 Å². The molecule has 0 spiro atoms. The highest BCUT2D eigenvalue weighted by molar-refractivity contribution is 5.89. The third-order valence-corrected chi connectivity index (χ3v) is 3.71. The van der Waals surface area contributed by atoms with E-state index >= 15 is 0 Å². The van der Waals surface area contributed by atoms with Crippen LogP contribution in [0.1, 0.15) is 16.1 Å². The fraction of sp³-hybridized carbons (Fsp3) is 0.105. The zero-order valence-corrected chi connectivity index (χ0v) is 14.9. The Labute approximate surface area is 158 Å². The molecule has 28 heavy (non-hydrogen) atoms. The number of nitrogens with zero attached hydrogens (tertiary/aromatic N) is 2. The van der Waals surface area contributed by atoms with Crippen molar-refractivity contribution in [3.63, 3.8) is 0 Å². The molecule has 0 aliphatic heterocycles. The molecule has 144 valence electrons. The Kier molecular flexibility index (Phi) is 5.44. The molecular formula is C19H15F3N4O2. The second kappa shape index (κ2) is 7.95. The molecule has 0 unspecified atom stereocenters. The van der Waals surface area contributed by atoms with Gasteiger partial charge in [0, 0.05) is 17.4 Å². The average Bonchev–Trinajstić information content (AvgIpc) is 2.68. The maximum atomic E-state index is 13.8. The summed E-state index contributed by atoms with van der Waals surface area (Å²) < 4.78 is 44.9. The molecule has 3 aromatic rings. The second-order valence-electron chi connectivity index (χ2n) is 5.76. The van der Waals surface area contributed by atoms with Crippen molar-refractivity contribution >= 4 is 29.1 Å². The predicted molar refractivity (Wildman–Crippen MR) is 97.4 cm³/mol. The van der Waals surface area contributed by atoms with E-state index in [0.717, 1.165) is 12.1 Å². The molecule has 0 fully saturated rings. The molecule has 1 heterocycles. The van der Waals surface area contributed by atoms with Crippen LogP contribution in [-0.2, 0) is 4.74 Å². The zero-order chi connectivity index (χ0) is 20.3. The number of aromatic nitrogens is 2. The molecule has 0 saturated heterocycles. The molecule has 0 saturated carbocycles. The van der Waals surface area contributed by atoms with Crippen LogP contribution in [-0.4, -0.2) is 23.0 Å². The first kappa shape index (κ1) is 19.2. The lowest BCUT2D eigenvalue weighted by Crippen LogP contribution is -2.05. The number of aryl methyl sites for hydroxylation is 1. The van der Waals surface area contributed by atoms with Crippen LogP contribution >= 0.6 is 0 Å². The van der Waals surface area contributed by atoms with Gasteiger partial charge < -0.3 is 15.4 Å². The maximum absolute atomic E-state index is 13.8. The van der Waals surface area contributed by atoms with Crippen LogP contribution in [0.3, 0.4) is 0 Å². The molecule has 9 heteroatoms. The van der Waals surface area contributed by atoms with Gasteiger partial charge in [0.05, 0.1) is 18.4 Å². The van der Waals surface area contributed by atoms with Crippen LogP contribution in [0.4, 0.5) is 36.3 Å². The van der Waals surface area contributed by atoms with Gasteiger partial charge in [0.2, 0.25) is 5.95 Å². The Morgan fingerprint density at radius 1 is 0.964 bits per heavy atom. The molecule has 2 aromatic carbocycles. The van der Waals surface area contributed by atoms with Gasteiger partial charge in [-0.3, -0.25) is 0 Å². The summed E-state index contributed by atoms with van der Waals surface area (Å²) >= 11 is 0. The maximum Gasteiger partial charge on any atom is 0.337 e. The Morgan fingerprint density at radius 3 is 2.36 bits per heavy atom. The van der Waals surface area contributed by atoms with Crippen LogP contribution in [0.5, 0.6) is 0 Å². The summed E-state index contributed by atoms with van der Waals surface area (Å²) in [6.45, 7) is 1.69. The molecule has 0 bridgehead atoms. The Bertz CT molecular complexity index is 1030. The Morgan fingerprint density at radius 2 is 1.68 bits per heavy atom. The summed E-state index contributed by atoms with van der Waals surface area (Å²) in [4.78, 5) is 19.8. The predicted octanol–water partition coefficient (Wildman–Crippen LogP) is 4.48. The summed E-state index contributed by atoms with van der Waals surface area (Å²) in [5.74, 6) is -4.31. The van der Waals surface area contributed by atoms with E-state index in [9.17, 15) is 18.0 Å². The number of rotatable bonds is 5. The molecule has 0 radical (unpaired) electrons. The molecule has 0 atom stereocenters. The molecule has 0 aliphatic rings. The van der Waals surface area contributed by atoms with Crippen LogP contribution in [0.25, 0.3) is 0 Å². The molecule has 2 N–H and O–H groups in total. The van der Waals surface area contributed by atoms with Gasteiger partial charge in [-0.2, -0.15) is 4.98 Å². The van der Waals surface area contributed by atoms with Crippen LogP contribution in [0.15, 0.2) is 42.5 Å². The number of carbonyl (C=O) groups is 1. The first-order chi connectivity index (χ1) is 13.4. The van der Waals surface area contributed by atoms with Gasteiger partial charge in [-0.05, 0) is 43.3 Å². The van der Waals surface area contributed by atoms with Gasteiger partial charge >= 0.3 is 5.97 Å². The monoisotopic (exact) mass is 388 g/mol. The summed E-state index contributed by atoms with van der Waals surface area (Å²) in [5, 5.41) is 5.55. The van der Waals surface area contributed by atoms with Gasteiger partial charge in [-0.15, -0.1) is 0 Å².